The minimum Gasteiger partial charge on any atom is -0.0614 e. The van der Waals surface area contributed by atoms with Crippen LogP contribution >= 0.6 is 0 Å². The van der Waals surface area contributed by atoms with Crippen molar-refractivity contribution in [1.82, 2.24) is 0 Å². The van der Waals surface area contributed by atoms with E-state index >= 15 is 0 Å². The van der Waals surface area contributed by atoms with Gasteiger partial charge >= 0.3 is 0 Å². The van der Waals surface area contributed by atoms with E-state index in [9.17, 15) is 0 Å². The molecule has 0 aliphatic carbocycles. The number of aryl methyl sites for hydroxylation is 2. The Bertz CT molecular complexity index is 703. The van der Waals surface area contributed by atoms with Crippen molar-refractivity contribution >= 4 is 10.8 Å². The maximum atomic E-state index is 2.25. The molecular weight excluding hydrogens is 216 g/mol. The Morgan fingerprint density at radius 3 is 2.22 bits per heavy atom. The Morgan fingerprint density at radius 1 is 0.722 bits per heavy atom. The third-order valence-electron chi connectivity index (χ3n) is 3.44. The van der Waals surface area contributed by atoms with Crippen LogP contribution < -0.4 is 0 Å². The van der Waals surface area contributed by atoms with Crippen molar-refractivity contribution in [1.29, 1.82) is 0 Å². The molecule has 0 spiro atoms. The molecule has 0 heterocycles. The first kappa shape index (κ1) is 11.0. The quantitative estimate of drug-likeness (QED) is 0.546. The van der Waals surface area contributed by atoms with Gasteiger partial charge < -0.3 is 0 Å². The maximum Gasteiger partial charge on any atom is -0.00761 e. The monoisotopic (exact) mass is 232 g/mol. The Hall–Kier alpha value is -2.08. The van der Waals surface area contributed by atoms with Crippen LogP contribution in [0.2, 0.25) is 0 Å². The fourth-order valence-corrected chi connectivity index (χ4v) is 2.58. The third-order valence-corrected chi connectivity index (χ3v) is 3.44. The molecule has 0 atom stereocenters. The molecule has 0 saturated carbocycles. The summed E-state index contributed by atoms with van der Waals surface area (Å²) in [6.07, 6.45) is 0. The molecule has 18 heavy (non-hydrogen) atoms. The molecule has 0 unspecified atom stereocenters. The van der Waals surface area contributed by atoms with Crippen molar-refractivity contribution in [3.8, 4) is 11.1 Å². The van der Waals surface area contributed by atoms with Gasteiger partial charge in [-0.15, -0.1) is 0 Å². The molecule has 0 aliphatic heterocycles. The summed E-state index contributed by atoms with van der Waals surface area (Å²) in [7, 11) is 0. The van der Waals surface area contributed by atoms with Crippen LogP contribution in [-0.2, 0) is 0 Å². The van der Waals surface area contributed by atoms with Crippen LogP contribution in [0.5, 0.6) is 0 Å². The Balaban J connectivity index is 2.36. The van der Waals surface area contributed by atoms with Gasteiger partial charge in [0.25, 0.3) is 0 Å². The largest absolute Gasteiger partial charge is 0.0614 e. The van der Waals surface area contributed by atoms with Gasteiger partial charge in [0.05, 0.1) is 0 Å². The molecule has 0 nitrogen and oxygen atoms in total. The smallest absolute Gasteiger partial charge is 0.00761 e. The third kappa shape index (κ3) is 1.80. The molecule has 0 aliphatic rings. The average molecular weight is 232 g/mol. The average Bonchev–Trinajstić information content (AvgIpc) is 2.38. The van der Waals surface area contributed by atoms with E-state index in [4.69, 9.17) is 0 Å². The van der Waals surface area contributed by atoms with E-state index in [-0.39, 0.29) is 0 Å². The van der Waals surface area contributed by atoms with Gasteiger partial charge in [-0.3, -0.25) is 0 Å². The van der Waals surface area contributed by atoms with Crippen molar-refractivity contribution < 1.29 is 0 Å². The zero-order valence-electron chi connectivity index (χ0n) is 10.8. The molecule has 0 radical (unpaired) electrons. The molecule has 0 heteroatoms. The van der Waals surface area contributed by atoms with Crippen LogP contribution in [0.1, 0.15) is 11.1 Å². The summed E-state index contributed by atoms with van der Waals surface area (Å²) in [4.78, 5) is 0. The van der Waals surface area contributed by atoms with Crippen LogP contribution in [0.4, 0.5) is 0 Å². The van der Waals surface area contributed by atoms with Crippen LogP contribution in [0.15, 0.2) is 60.7 Å². The van der Waals surface area contributed by atoms with Crippen molar-refractivity contribution in [3.63, 3.8) is 0 Å². The topological polar surface area (TPSA) is 0 Å². The first-order valence-corrected chi connectivity index (χ1v) is 6.31. The molecule has 3 rings (SSSR count). The van der Waals surface area contributed by atoms with Crippen molar-refractivity contribution in [2.24, 2.45) is 0 Å². The standard InChI is InChI=1S/C18H16/c1-13-6-3-10-16(12-13)17-11-5-9-15-8-4-7-14(2)18(15)17/h3-12H,1-2H3. The normalized spacial score (nSPS) is 10.8. The van der Waals surface area contributed by atoms with Gasteiger partial charge in [0, 0.05) is 0 Å². The number of rotatable bonds is 1. The summed E-state index contributed by atoms with van der Waals surface area (Å²) >= 11 is 0. The molecular formula is C18H16. The molecule has 3 aromatic rings. The SMILES string of the molecule is Cc1cccc(-c2cccc3cccc(C)c23)c1. The van der Waals surface area contributed by atoms with E-state index in [1.54, 1.807) is 0 Å². The number of fused-ring (bicyclic) bond motifs is 1. The molecule has 0 N–H and O–H groups in total. The lowest BCUT2D eigenvalue weighted by molar-refractivity contribution is 1.46. The van der Waals surface area contributed by atoms with Gasteiger partial charge in [0.15, 0.2) is 0 Å². The Morgan fingerprint density at radius 2 is 1.44 bits per heavy atom. The van der Waals surface area contributed by atoms with Crippen LogP contribution in [-0.4, -0.2) is 0 Å². The summed E-state index contributed by atoms with van der Waals surface area (Å²) in [5.74, 6) is 0. The molecule has 0 bridgehead atoms. The number of hydrogen-bond acceptors (Lipinski definition) is 0. The highest BCUT2D eigenvalue weighted by atomic mass is 14.1. The van der Waals surface area contributed by atoms with E-state index in [2.05, 4.69) is 74.5 Å². The highest BCUT2D eigenvalue weighted by Crippen LogP contribution is 2.31. The van der Waals surface area contributed by atoms with Crippen LogP contribution in [0.25, 0.3) is 21.9 Å². The highest BCUT2D eigenvalue weighted by Gasteiger charge is 2.05. The van der Waals surface area contributed by atoms with Gasteiger partial charge in [-0.25, -0.2) is 0 Å². The molecule has 88 valence electrons. The lowest BCUT2D eigenvalue weighted by atomic mass is 9.94. The first-order chi connectivity index (χ1) is 8.75. The van der Waals surface area contributed by atoms with Gasteiger partial charge in [-0.05, 0) is 41.3 Å². The van der Waals surface area contributed by atoms with Gasteiger partial charge in [0.2, 0.25) is 0 Å². The number of benzene rings is 3. The summed E-state index contributed by atoms with van der Waals surface area (Å²) in [6.45, 7) is 4.32. The van der Waals surface area contributed by atoms with Gasteiger partial charge in [0.1, 0.15) is 0 Å². The first-order valence-electron chi connectivity index (χ1n) is 6.31. The summed E-state index contributed by atoms with van der Waals surface area (Å²) in [5.41, 5.74) is 5.27. The van der Waals surface area contributed by atoms with E-state index in [1.807, 2.05) is 0 Å². The van der Waals surface area contributed by atoms with E-state index < -0.39 is 0 Å². The predicted molar refractivity (Wildman–Crippen MR) is 78.9 cm³/mol. The number of hydrogen-bond donors (Lipinski definition) is 0. The van der Waals surface area contributed by atoms with Crippen molar-refractivity contribution in [3.05, 3.63) is 71.8 Å². The molecule has 0 amide bonds. The second-order valence-electron chi connectivity index (χ2n) is 4.85. The minimum absolute atomic E-state index is 1.30. The van der Waals surface area contributed by atoms with Gasteiger partial charge in [-0.2, -0.15) is 0 Å². The predicted octanol–water partition coefficient (Wildman–Crippen LogP) is 5.12. The van der Waals surface area contributed by atoms with Gasteiger partial charge in [-0.1, -0.05) is 66.2 Å². The molecule has 0 fully saturated rings. The van der Waals surface area contributed by atoms with E-state index in [1.165, 1.54) is 33.0 Å². The summed E-state index contributed by atoms with van der Waals surface area (Å²) < 4.78 is 0. The second-order valence-corrected chi connectivity index (χ2v) is 4.85. The Labute approximate surface area is 108 Å². The Kier molecular flexibility index (Phi) is 2.64. The zero-order chi connectivity index (χ0) is 12.5. The van der Waals surface area contributed by atoms with Crippen molar-refractivity contribution in [2.75, 3.05) is 0 Å². The second kappa shape index (κ2) is 4.30. The fraction of sp³-hybridized carbons (Fsp3) is 0.111. The molecule has 0 saturated heterocycles. The minimum atomic E-state index is 1.30. The summed E-state index contributed by atoms with van der Waals surface area (Å²) in [6, 6.07) is 21.7. The fourth-order valence-electron chi connectivity index (χ4n) is 2.58. The van der Waals surface area contributed by atoms with Crippen LogP contribution in [0.3, 0.4) is 0 Å². The summed E-state index contributed by atoms with van der Waals surface area (Å²) in [5, 5.41) is 2.68. The maximum absolute atomic E-state index is 2.25. The lowest BCUT2D eigenvalue weighted by Crippen LogP contribution is -1.85. The van der Waals surface area contributed by atoms with Crippen LogP contribution in [0, 0.1) is 13.8 Å². The van der Waals surface area contributed by atoms with Crippen molar-refractivity contribution in [2.45, 2.75) is 13.8 Å². The van der Waals surface area contributed by atoms with E-state index in [0.29, 0.717) is 0 Å². The zero-order valence-corrected chi connectivity index (χ0v) is 10.8. The molecule has 0 aromatic heterocycles. The lowest BCUT2D eigenvalue weighted by Gasteiger charge is -2.10. The highest BCUT2D eigenvalue weighted by molar-refractivity contribution is 5.98. The molecule has 3 aromatic carbocycles. The van der Waals surface area contributed by atoms with E-state index in [0.717, 1.165) is 0 Å².